The van der Waals surface area contributed by atoms with Crippen LogP contribution in [0.1, 0.15) is 32.0 Å². The molecule has 0 spiro atoms. The van der Waals surface area contributed by atoms with Crippen LogP contribution in [-0.4, -0.2) is 21.2 Å². The SMILES string of the molecule is CC(C)(C)n1nc(-c2ccc([N+](=O)[O-])cc2)c2c1CCNC2. The van der Waals surface area contributed by atoms with E-state index >= 15 is 0 Å². The fourth-order valence-corrected chi connectivity index (χ4v) is 2.88. The van der Waals surface area contributed by atoms with Crippen LogP contribution >= 0.6 is 0 Å². The van der Waals surface area contributed by atoms with Gasteiger partial charge in [0.1, 0.15) is 0 Å². The van der Waals surface area contributed by atoms with Gasteiger partial charge in [0.05, 0.1) is 16.2 Å². The van der Waals surface area contributed by atoms with Gasteiger partial charge in [-0.25, -0.2) is 0 Å². The molecule has 0 saturated heterocycles. The third-order valence-corrected chi connectivity index (χ3v) is 3.92. The van der Waals surface area contributed by atoms with Gasteiger partial charge in [0.2, 0.25) is 0 Å². The van der Waals surface area contributed by atoms with E-state index in [9.17, 15) is 10.1 Å². The molecule has 22 heavy (non-hydrogen) atoms. The molecule has 3 rings (SSSR count). The Morgan fingerprint density at radius 1 is 1.27 bits per heavy atom. The quantitative estimate of drug-likeness (QED) is 0.683. The lowest BCUT2D eigenvalue weighted by molar-refractivity contribution is -0.384. The van der Waals surface area contributed by atoms with Crippen LogP contribution in [0.5, 0.6) is 0 Å². The summed E-state index contributed by atoms with van der Waals surface area (Å²) in [7, 11) is 0. The Kier molecular flexibility index (Phi) is 3.48. The number of fused-ring (bicyclic) bond motifs is 1. The minimum absolute atomic E-state index is 0.0829. The Morgan fingerprint density at radius 3 is 2.55 bits per heavy atom. The zero-order chi connectivity index (χ0) is 15.9. The first-order valence-electron chi connectivity index (χ1n) is 7.45. The van der Waals surface area contributed by atoms with Gasteiger partial charge in [-0.3, -0.25) is 14.8 Å². The maximum Gasteiger partial charge on any atom is 0.269 e. The lowest BCUT2D eigenvalue weighted by Gasteiger charge is -2.24. The molecule has 0 bridgehead atoms. The van der Waals surface area contributed by atoms with E-state index in [0.717, 1.165) is 30.8 Å². The molecule has 2 heterocycles. The maximum atomic E-state index is 10.8. The Labute approximate surface area is 129 Å². The monoisotopic (exact) mass is 300 g/mol. The highest BCUT2D eigenvalue weighted by molar-refractivity contribution is 5.66. The number of aromatic nitrogens is 2. The Hall–Kier alpha value is -2.21. The van der Waals surface area contributed by atoms with Crippen molar-refractivity contribution in [2.75, 3.05) is 6.54 Å². The van der Waals surface area contributed by atoms with Crippen LogP contribution in [-0.2, 0) is 18.5 Å². The second-order valence-electron chi connectivity index (χ2n) is 6.59. The fraction of sp³-hybridized carbons (Fsp3) is 0.438. The number of rotatable bonds is 2. The summed E-state index contributed by atoms with van der Waals surface area (Å²) in [6.07, 6.45) is 0.951. The van der Waals surface area contributed by atoms with E-state index in [1.807, 2.05) is 0 Å². The minimum Gasteiger partial charge on any atom is -0.312 e. The van der Waals surface area contributed by atoms with Crippen LogP contribution in [0.25, 0.3) is 11.3 Å². The summed E-state index contributed by atoms with van der Waals surface area (Å²) < 4.78 is 2.10. The zero-order valence-corrected chi connectivity index (χ0v) is 13.1. The highest BCUT2D eigenvalue weighted by Crippen LogP contribution is 2.31. The van der Waals surface area contributed by atoms with Crippen LogP contribution in [0.4, 0.5) is 5.69 Å². The number of hydrogen-bond donors (Lipinski definition) is 1. The first-order chi connectivity index (χ1) is 10.4. The summed E-state index contributed by atoms with van der Waals surface area (Å²) in [6, 6.07) is 6.63. The van der Waals surface area contributed by atoms with Crippen LogP contribution < -0.4 is 5.32 Å². The second kappa shape index (κ2) is 5.21. The van der Waals surface area contributed by atoms with E-state index in [1.54, 1.807) is 12.1 Å². The normalized spacial score (nSPS) is 14.7. The molecule has 0 aliphatic carbocycles. The number of benzene rings is 1. The van der Waals surface area contributed by atoms with Gasteiger partial charge in [-0.2, -0.15) is 5.10 Å². The van der Waals surface area contributed by atoms with Crippen molar-refractivity contribution in [3.63, 3.8) is 0 Å². The molecule has 1 aromatic carbocycles. The first-order valence-corrected chi connectivity index (χ1v) is 7.45. The van der Waals surface area contributed by atoms with E-state index in [4.69, 9.17) is 5.10 Å². The number of hydrogen-bond acceptors (Lipinski definition) is 4. The van der Waals surface area contributed by atoms with Crippen molar-refractivity contribution in [2.24, 2.45) is 0 Å². The Bertz CT molecular complexity index is 711. The molecule has 6 heteroatoms. The molecule has 116 valence electrons. The van der Waals surface area contributed by atoms with Crippen molar-refractivity contribution in [3.8, 4) is 11.3 Å². The van der Waals surface area contributed by atoms with Crippen molar-refractivity contribution in [1.29, 1.82) is 0 Å². The topological polar surface area (TPSA) is 73.0 Å². The molecule has 0 radical (unpaired) electrons. The van der Waals surface area contributed by atoms with Crippen LogP contribution in [0.3, 0.4) is 0 Å². The van der Waals surface area contributed by atoms with Crippen molar-refractivity contribution in [1.82, 2.24) is 15.1 Å². The summed E-state index contributed by atoms with van der Waals surface area (Å²) in [5, 5.41) is 19.0. The number of nitrogens with zero attached hydrogens (tertiary/aromatic N) is 3. The highest BCUT2D eigenvalue weighted by atomic mass is 16.6. The zero-order valence-electron chi connectivity index (χ0n) is 13.1. The van der Waals surface area contributed by atoms with E-state index in [-0.39, 0.29) is 16.1 Å². The van der Waals surface area contributed by atoms with Gasteiger partial charge in [-0.05, 0) is 32.9 Å². The second-order valence-corrected chi connectivity index (χ2v) is 6.59. The third-order valence-electron chi connectivity index (χ3n) is 3.92. The number of non-ortho nitro benzene ring substituents is 1. The first kappa shape index (κ1) is 14.7. The predicted molar refractivity (Wildman–Crippen MR) is 84.7 cm³/mol. The molecule has 1 aliphatic rings. The summed E-state index contributed by atoms with van der Waals surface area (Å²) in [4.78, 5) is 10.4. The lowest BCUT2D eigenvalue weighted by atomic mass is 10.0. The largest absolute Gasteiger partial charge is 0.312 e. The Balaban J connectivity index is 2.11. The van der Waals surface area contributed by atoms with E-state index in [1.165, 1.54) is 23.4 Å². The molecule has 0 saturated carbocycles. The van der Waals surface area contributed by atoms with Crippen LogP contribution in [0.2, 0.25) is 0 Å². The Morgan fingerprint density at radius 2 is 1.95 bits per heavy atom. The average molecular weight is 300 g/mol. The van der Waals surface area contributed by atoms with Gasteiger partial charge in [-0.15, -0.1) is 0 Å². The summed E-state index contributed by atoms with van der Waals surface area (Å²) in [5.41, 5.74) is 4.33. The molecule has 1 N–H and O–H groups in total. The van der Waals surface area contributed by atoms with E-state index < -0.39 is 0 Å². The number of nitrogens with one attached hydrogen (secondary N) is 1. The fourth-order valence-electron chi connectivity index (χ4n) is 2.88. The van der Waals surface area contributed by atoms with Gasteiger partial charge in [-0.1, -0.05) is 0 Å². The molecule has 1 aliphatic heterocycles. The average Bonchev–Trinajstić information content (AvgIpc) is 2.87. The molecular formula is C16H20N4O2. The van der Waals surface area contributed by atoms with E-state index in [0.29, 0.717) is 0 Å². The molecule has 6 nitrogen and oxygen atoms in total. The molecule has 0 fully saturated rings. The summed E-state index contributed by atoms with van der Waals surface area (Å²) in [6.45, 7) is 8.16. The molecule has 1 aromatic heterocycles. The molecule has 0 unspecified atom stereocenters. The maximum absolute atomic E-state index is 10.8. The standard InChI is InChI=1S/C16H20N4O2/c1-16(2,3)19-14-8-9-17-10-13(14)15(18-19)11-4-6-12(7-5-11)20(21)22/h4-7,17H,8-10H2,1-3H3. The van der Waals surface area contributed by atoms with E-state index in [2.05, 4.69) is 30.8 Å². The van der Waals surface area contributed by atoms with Crippen LogP contribution in [0, 0.1) is 10.1 Å². The molecule has 0 atom stereocenters. The molecular weight excluding hydrogens is 280 g/mol. The lowest BCUT2D eigenvalue weighted by Crippen LogP contribution is -2.30. The minimum atomic E-state index is -0.380. The summed E-state index contributed by atoms with van der Waals surface area (Å²) in [5.74, 6) is 0. The number of nitro benzene ring substituents is 1. The van der Waals surface area contributed by atoms with Gasteiger partial charge in [0.25, 0.3) is 5.69 Å². The van der Waals surface area contributed by atoms with Crippen LogP contribution in [0.15, 0.2) is 24.3 Å². The predicted octanol–water partition coefficient (Wildman–Crippen LogP) is 2.86. The highest BCUT2D eigenvalue weighted by Gasteiger charge is 2.27. The van der Waals surface area contributed by atoms with Gasteiger partial charge < -0.3 is 5.32 Å². The van der Waals surface area contributed by atoms with Crippen molar-refractivity contribution < 1.29 is 4.92 Å². The van der Waals surface area contributed by atoms with Gasteiger partial charge in [0, 0.05) is 48.5 Å². The summed E-state index contributed by atoms with van der Waals surface area (Å²) >= 11 is 0. The number of nitro groups is 1. The molecule has 2 aromatic rings. The van der Waals surface area contributed by atoms with Crippen molar-refractivity contribution in [3.05, 3.63) is 45.6 Å². The van der Waals surface area contributed by atoms with Crippen molar-refractivity contribution >= 4 is 5.69 Å². The van der Waals surface area contributed by atoms with Gasteiger partial charge >= 0.3 is 0 Å². The molecule has 0 amide bonds. The van der Waals surface area contributed by atoms with Gasteiger partial charge in [0.15, 0.2) is 0 Å². The smallest absolute Gasteiger partial charge is 0.269 e. The van der Waals surface area contributed by atoms with Crippen molar-refractivity contribution in [2.45, 2.75) is 39.3 Å². The third kappa shape index (κ3) is 2.50.